The average Bonchev–Trinajstić information content (AvgIpc) is 2.99. The maximum Gasteiger partial charge on any atom is 0.339 e. The van der Waals surface area contributed by atoms with E-state index in [1.807, 2.05) is 0 Å². The summed E-state index contributed by atoms with van der Waals surface area (Å²) in [7, 11) is -4.23. The van der Waals surface area contributed by atoms with Gasteiger partial charge in [-0.3, -0.25) is 9.40 Å². The van der Waals surface area contributed by atoms with Crippen molar-refractivity contribution in [2.24, 2.45) is 0 Å². The lowest BCUT2D eigenvalue weighted by molar-refractivity contribution is 0.0685. The average molecular weight is 389 g/mol. The van der Waals surface area contributed by atoms with Gasteiger partial charge in [-0.25, -0.2) is 22.0 Å². The van der Waals surface area contributed by atoms with Crippen LogP contribution in [0.1, 0.15) is 10.4 Å². The molecule has 2 aromatic rings. The number of carboxylic acid groups (broad SMARTS) is 1. The van der Waals surface area contributed by atoms with Crippen molar-refractivity contribution in [1.29, 1.82) is 0 Å². The van der Waals surface area contributed by atoms with Crippen LogP contribution in [0.5, 0.6) is 11.5 Å². The number of carbonyl (C=O) groups is 1. The highest BCUT2D eigenvalue weighted by molar-refractivity contribution is 7.92. The van der Waals surface area contributed by atoms with Gasteiger partial charge in [-0.1, -0.05) is 0 Å². The molecule has 0 amide bonds. The van der Waals surface area contributed by atoms with Crippen LogP contribution in [0, 0.1) is 0 Å². The fourth-order valence-electron chi connectivity index (χ4n) is 2.30. The van der Waals surface area contributed by atoms with Gasteiger partial charge in [-0.2, -0.15) is 5.10 Å². The third-order valence-electron chi connectivity index (χ3n) is 3.36. The number of nitrogens with zero attached hydrogens (tertiary/aromatic N) is 2. The van der Waals surface area contributed by atoms with Crippen LogP contribution < -0.4 is 14.2 Å². The second kappa shape index (κ2) is 6.78. The Morgan fingerprint density at radius 1 is 1.35 bits per heavy atom. The maximum atomic E-state index is 12.5. The number of hydrogen-bond donors (Lipinski definition) is 2. The molecule has 26 heavy (non-hydrogen) atoms. The van der Waals surface area contributed by atoms with Gasteiger partial charge >= 0.3 is 5.97 Å². The lowest BCUT2D eigenvalue weighted by Gasteiger charge is -2.21. The number of halogens is 2. The van der Waals surface area contributed by atoms with Crippen molar-refractivity contribution in [3.63, 3.8) is 0 Å². The van der Waals surface area contributed by atoms with Crippen molar-refractivity contribution in [3.05, 3.63) is 30.0 Å². The Labute approximate surface area is 146 Å². The summed E-state index contributed by atoms with van der Waals surface area (Å²) in [5, 5.41) is 13.0. The second-order valence-corrected chi connectivity index (χ2v) is 6.90. The molecular formula is C14H13F2N3O6S. The van der Waals surface area contributed by atoms with Gasteiger partial charge in [0, 0.05) is 18.3 Å². The lowest BCUT2D eigenvalue weighted by atomic mass is 10.2. The van der Waals surface area contributed by atoms with E-state index in [4.69, 9.17) is 9.47 Å². The van der Waals surface area contributed by atoms with Crippen molar-refractivity contribution in [2.75, 3.05) is 17.9 Å². The van der Waals surface area contributed by atoms with Crippen LogP contribution in [-0.2, 0) is 16.6 Å². The molecule has 0 unspecified atom stereocenters. The SMILES string of the molecule is O=C(O)c1cc(S(=O)(=O)Nc2ccn(CC(F)F)n2)cc2c1OCCO2. The monoisotopic (exact) mass is 389 g/mol. The number of hydrogen-bond acceptors (Lipinski definition) is 6. The molecule has 140 valence electrons. The standard InChI is InChI=1S/C14H13F2N3O6S/c15-11(16)7-19-2-1-12(17-19)18-26(22,23)8-5-9(14(20)21)13-10(6-8)24-3-4-25-13/h1-2,5-6,11H,3-4,7H2,(H,17,18)(H,20,21). The molecule has 0 bridgehead atoms. The fourth-order valence-corrected chi connectivity index (χ4v) is 3.34. The maximum absolute atomic E-state index is 12.5. The molecule has 1 aromatic heterocycles. The molecule has 0 fully saturated rings. The predicted octanol–water partition coefficient (Wildman–Crippen LogP) is 1.42. The van der Waals surface area contributed by atoms with Gasteiger partial charge in [0.05, 0.1) is 4.90 Å². The van der Waals surface area contributed by atoms with Gasteiger partial charge < -0.3 is 14.6 Å². The summed E-state index contributed by atoms with van der Waals surface area (Å²) in [4.78, 5) is 11.0. The first-order valence-electron chi connectivity index (χ1n) is 7.27. The zero-order valence-corrected chi connectivity index (χ0v) is 13.9. The van der Waals surface area contributed by atoms with E-state index in [0.29, 0.717) is 0 Å². The van der Waals surface area contributed by atoms with Crippen molar-refractivity contribution in [1.82, 2.24) is 9.78 Å². The Kier molecular flexibility index (Phi) is 4.68. The number of sulfonamides is 1. The number of fused-ring (bicyclic) bond motifs is 1. The van der Waals surface area contributed by atoms with Gasteiger partial charge in [0.25, 0.3) is 16.4 Å². The zero-order valence-electron chi connectivity index (χ0n) is 13.1. The summed E-state index contributed by atoms with van der Waals surface area (Å²) in [6.07, 6.45) is -1.45. The first-order valence-corrected chi connectivity index (χ1v) is 8.76. The number of benzene rings is 1. The van der Waals surface area contributed by atoms with E-state index in [-0.39, 0.29) is 41.0 Å². The number of aromatic nitrogens is 2. The van der Waals surface area contributed by atoms with E-state index in [2.05, 4.69) is 9.82 Å². The topological polar surface area (TPSA) is 120 Å². The number of nitrogens with one attached hydrogen (secondary N) is 1. The molecule has 1 aliphatic rings. The van der Waals surface area contributed by atoms with E-state index in [9.17, 15) is 27.1 Å². The van der Waals surface area contributed by atoms with Crippen molar-refractivity contribution < 1.29 is 36.6 Å². The summed E-state index contributed by atoms with van der Waals surface area (Å²) in [6, 6.07) is 3.25. The predicted molar refractivity (Wildman–Crippen MR) is 83.4 cm³/mol. The van der Waals surface area contributed by atoms with Crippen LogP contribution in [0.15, 0.2) is 29.3 Å². The molecular weight excluding hydrogens is 376 g/mol. The van der Waals surface area contributed by atoms with E-state index in [1.54, 1.807) is 0 Å². The number of alkyl halides is 2. The van der Waals surface area contributed by atoms with Crippen molar-refractivity contribution in [3.8, 4) is 11.5 Å². The minimum absolute atomic E-state index is 0.0141. The summed E-state index contributed by atoms with van der Waals surface area (Å²) in [6.45, 7) is -0.408. The second-order valence-electron chi connectivity index (χ2n) is 5.22. The zero-order chi connectivity index (χ0) is 18.9. The van der Waals surface area contributed by atoms with E-state index in [0.717, 1.165) is 16.8 Å². The molecule has 2 N–H and O–H groups in total. The number of anilines is 1. The minimum atomic E-state index is -4.23. The minimum Gasteiger partial charge on any atom is -0.486 e. The Bertz CT molecular complexity index is 944. The van der Waals surface area contributed by atoms with Crippen LogP contribution in [0.2, 0.25) is 0 Å². The van der Waals surface area contributed by atoms with Gasteiger partial charge in [0.15, 0.2) is 17.3 Å². The van der Waals surface area contributed by atoms with E-state index < -0.39 is 29.0 Å². The Morgan fingerprint density at radius 2 is 2.08 bits per heavy atom. The molecule has 0 saturated carbocycles. The quantitative estimate of drug-likeness (QED) is 0.767. The van der Waals surface area contributed by atoms with Gasteiger partial charge in [0.1, 0.15) is 25.3 Å². The molecule has 1 aromatic carbocycles. The van der Waals surface area contributed by atoms with Gasteiger partial charge in [0.2, 0.25) is 0 Å². The molecule has 1 aliphatic heterocycles. The highest BCUT2D eigenvalue weighted by Gasteiger charge is 2.26. The van der Waals surface area contributed by atoms with Gasteiger partial charge in [-0.05, 0) is 6.07 Å². The largest absolute Gasteiger partial charge is 0.486 e. The van der Waals surface area contributed by atoms with E-state index >= 15 is 0 Å². The van der Waals surface area contributed by atoms with Crippen LogP contribution in [0.4, 0.5) is 14.6 Å². The van der Waals surface area contributed by atoms with Crippen LogP contribution >= 0.6 is 0 Å². The van der Waals surface area contributed by atoms with Crippen LogP contribution in [-0.4, -0.2) is 48.9 Å². The third-order valence-corrected chi connectivity index (χ3v) is 4.70. The van der Waals surface area contributed by atoms with Crippen molar-refractivity contribution >= 4 is 21.8 Å². The lowest BCUT2D eigenvalue weighted by Crippen LogP contribution is -2.20. The van der Waals surface area contributed by atoms with Crippen LogP contribution in [0.25, 0.3) is 0 Å². The molecule has 12 heteroatoms. The summed E-state index contributed by atoms with van der Waals surface area (Å²) in [5.74, 6) is -1.63. The molecule has 0 aliphatic carbocycles. The molecule has 0 radical (unpaired) electrons. The fraction of sp³-hybridized carbons (Fsp3) is 0.286. The van der Waals surface area contributed by atoms with Crippen LogP contribution in [0.3, 0.4) is 0 Å². The number of ether oxygens (including phenoxy) is 2. The smallest absolute Gasteiger partial charge is 0.339 e. The Morgan fingerprint density at radius 3 is 2.77 bits per heavy atom. The molecule has 3 rings (SSSR count). The summed E-state index contributed by atoms with van der Waals surface area (Å²) >= 11 is 0. The Balaban J connectivity index is 1.93. The molecule has 0 saturated heterocycles. The van der Waals surface area contributed by atoms with Gasteiger partial charge in [-0.15, -0.1) is 0 Å². The number of carboxylic acids is 1. The van der Waals surface area contributed by atoms with Crippen molar-refractivity contribution in [2.45, 2.75) is 17.9 Å². The molecule has 0 atom stereocenters. The van der Waals surface area contributed by atoms with E-state index in [1.165, 1.54) is 12.3 Å². The highest BCUT2D eigenvalue weighted by Crippen LogP contribution is 2.36. The first-order chi connectivity index (χ1) is 12.3. The third kappa shape index (κ3) is 3.69. The molecule has 0 spiro atoms. The number of rotatable bonds is 6. The molecule has 9 nitrogen and oxygen atoms in total. The summed E-state index contributed by atoms with van der Waals surface area (Å²) in [5.41, 5.74) is -0.370. The number of aromatic carboxylic acids is 1. The highest BCUT2D eigenvalue weighted by atomic mass is 32.2. The first kappa shape index (κ1) is 17.9. The Hall–Kier alpha value is -2.89. The normalized spacial score (nSPS) is 13.7. The molecule has 2 heterocycles. The summed E-state index contributed by atoms with van der Waals surface area (Å²) < 4.78 is 63.1.